The molecule has 0 aliphatic carbocycles. The summed E-state index contributed by atoms with van der Waals surface area (Å²) < 4.78 is 4.58. The Balaban J connectivity index is 4.54. The second kappa shape index (κ2) is 5.62. The van der Waals surface area contributed by atoms with E-state index in [1.165, 1.54) is 14.0 Å². The molecule has 0 heterocycles. The maximum atomic E-state index is 11.3. The summed E-state index contributed by atoms with van der Waals surface area (Å²) in [4.78, 5) is 22.0. The summed E-state index contributed by atoms with van der Waals surface area (Å²) in [5, 5.41) is 8.80. The van der Waals surface area contributed by atoms with E-state index in [-0.39, 0.29) is 5.92 Å². The van der Waals surface area contributed by atoms with Crippen LogP contribution in [0.25, 0.3) is 0 Å². The highest BCUT2D eigenvalue weighted by atomic mass is 16.5. The van der Waals surface area contributed by atoms with Crippen molar-refractivity contribution < 1.29 is 19.4 Å². The van der Waals surface area contributed by atoms with Crippen LogP contribution in [0.2, 0.25) is 0 Å². The molecule has 0 bridgehead atoms. The van der Waals surface area contributed by atoms with Gasteiger partial charge in [-0.25, -0.2) is 0 Å². The van der Waals surface area contributed by atoms with Crippen LogP contribution in [0, 0.1) is 17.8 Å². The van der Waals surface area contributed by atoms with Crippen molar-refractivity contribution in [2.75, 3.05) is 7.11 Å². The number of hydrogen-bond donors (Lipinski definition) is 1. The molecule has 0 aliphatic heterocycles. The van der Waals surface area contributed by atoms with Crippen LogP contribution in [0.5, 0.6) is 0 Å². The highest BCUT2D eigenvalue weighted by Crippen LogP contribution is 2.22. The second-order valence-electron chi connectivity index (χ2n) is 3.89. The molecular weight excluding hydrogens is 184 g/mol. The predicted octanol–water partition coefficient (Wildman–Crippen LogP) is 1.54. The Bertz CT molecular complexity index is 210. The SMILES string of the molecule is COC(=O)[C@H](CC(C)C)[C@@H](C)C(=O)O. The number of esters is 1. The van der Waals surface area contributed by atoms with Gasteiger partial charge in [-0.2, -0.15) is 0 Å². The first-order valence-electron chi connectivity index (χ1n) is 4.70. The molecule has 0 radical (unpaired) electrons. The van der Waals surface area contributed by atoms with Crippen LogP contribution >= 0.6 is 0 Å². The van der Waals surface area contributed by atoms with Crippen molar-refractivity contribution in [2.45, 2.75) is 27.2 Å². The maximum Gasteiger partial charge on any atom is 0.309 e. The Morgan fingerprint density at radius 1 is 1.29 bits per heavy atom. The van der Waals surface area contributed by atoms with Crippen molar-refractivity contribution in [2.24, 2.45) is 17.8 Å². The summed E-state index contributed by atoms with van der Waals surface area (Å²) in [5.74, 6) is -2.35. The van der Waals surface area contributed by atoms with Crippen LogP contribution in [0.3, 0.4) is 0 Å². The van der Waals surface area contributed by atoms with Crippen molar-refractivity contribution in [1.29, 1.82) is 0 Å². The molecule has 1 N–H and O–H groups in total. The highest BCUT2D eigenvalue weighted by molar-refractivity contribution is 5.80. The number of methoxy groups -OCH3 is 1. The molecule has 14 heavy (non-hydrogen) atoms. The minimum absolute atomic E-state index is 0.279. The lowest BCUT2D eigenvalue weighted by Gasteiger charge is -2.19. The van der Waals surface area contributed by atoms with Gasteiger partial charge in [0.25, 0.3) is 0 Å². The van der Waals surface area contributed by atoms with Crippen molar-refractivity contribution >= 4 is 11.9 Å². The fraction of sp³-hybridized carbons (Fsp3) is 0.800. The molecule has 0 saturated heterocycles. The van der Waals surface area contributed by atoms with E-state index >= 15 is 0 Å². The van der Waals surface area contributed by atoms with Gasteiger partial charge in [-0.1, -0.05) is 20.8 Å². The van der Waals surface area contributed by atoms with Gasteiger partial charge in [-0.3, -0.25) is 9.59 Å². The molecule has 0 rings (SSSR count). The van der Waals surface area contributed by atoms with Crippen molar-refractivity contribution in [3.05, 3.63) is 0 Å². The normalized spacial score (nSPS) is 14.9. The minimum Gasteiger partial charge on any atom is -0.481 e. The van der Waals surface area contributed by atoms with Gasteiger partial charge in [-0.05, 0) is 12.3 Å². The smallest absolute Gasteiger partial charge is 0.309 e. The number of aliphatic carboxylic acids is 1. The predicted molar refractivity (Wildman–Crippen MR) is 51.8 cm³/mol. The number of carbonyl (C=O) groups excluding carboxylic acids is 1. The van der Waals surface area contributed by atoms with Gasteiger partial charge in [0, 0.05) is 0 Å². The molecule has 0 spiro atoms. The summed E-state index contributed by atoms with van der Waals surface area (Å²) in [7, 11) is 1.28. The Morgan fingerprint density at radius 2 is 1.79 bits per heavy atom. The summed E-state index contributed by atoms with van der Waals surface area (Å²) >= 11 is 0. The van der Waals surface area contributed by atoms with E-state index < -0.39 is 23.8 Å². The van der Waals surface area contributed by atoms with Crippen LogP contribution < -0.4 is 0 Å². The van der Waals surface area contributed by atoms with E-state index in [4.69, 9.17) is 5.11 Å². The van der Waals surface area contributed by atoms with Gasteiger partial charge in [0.05, 0.1) is 18.9 Å². The van der Waals surface area contributed by atoms with Crippen LogP contribution in [-0.2, 0) is 14.3 Å². The Morgan fingerprint density at radius 3 is 2.07 bits per heavy atom. The average Bonchev–Trinajstić information content (AvgIpc) is 2.11. The molecule has 4 heteroatoms. The van der Waals surface area contributed by atoms with Gasteiger partial charge in [0.1, 0.15) is 0 Å². The Labute approximate surface area is 84.3 Å². The molecule has 0 saturated carbocycles. The van der Waals surface area contributed by atoms with E-state index in [2.05, 4.69) is 4.74 Å². The fourth-order valence-corrected chi connectivity index (χ4v) is 1.34. The van der Waals surface area contributed by atoms with E-state index in [9.17, 15) is 9.59 Å². The number of rotatable bonds is 5. The number of carboxylic acid groups (broad SMARTS) is 1. The monoisotopic (exact) mass is 202 g/mol. The van der Waals surface area contributed by atoms with E-state index in [1.54, 1.807) is 0 Å². The van der Waals surface area contributed by atoms with E-state index in [0.29, 0.717) is 6.42 Å². The molecule has 0 amide bonds. The van der Waals surface area contributed by atoms with E-state index in [1.807, 2.05) is 13.8 Å². The number of carboxylic acids is 1. The zero-order valence-corrected chi connectivity index (χ0v) is 9.11. The summed E-state index contributed by atoms with van der Waals surface area (Å²) in [6.45, 7) is 5.43. The highest BCUT2D eigenvalue weighted by Gasteiger charge is 2.31. The molecule has 0 aromatic carbocycles. The summed E-state index contributed by atoms with van der Waals surface area (Å²) in [6.07, 6.45) is 0.542. The van der Waals surface area contributed by atoms with Crippen molar-refractivity contribution in [1.82, 2.24) is 0 Å². The second-order valence-corrected chi connectivity index (χ2v) is 3.89. The van der Waals surface area contributed by atoms with Gasteiger partial charge in [0.2, 0.25) is 0 Å². The van der Waals surface area contributed by atoms with Gasteiger partial charge in [0.15, 0.2) is 0 Å². The fourth-order valence-electron chi connectivity index (χ4n) is 1.34. The molecular formula is C10H18O4. The van der Waals surface area contributed by atoms with Crippen LogP contribution in [0.15, 0.2) is 0 Å². The zero-order valence-electron chi connectivity index (χ0n) is 9.11. The first kappa shape index (κ1) is 12.9. The van der Waals surface area contributed by atoms with Crippen molar-refractivity contribution in [3.8, 4) is 0 Å². The maximum absolute atomic E-state index is 11.3. The third kappa shape index (κ3) is 3.77. The molecule has 0 unspecified atom stereocenters. The molecule has 4 nitrogen and oxygen atoms in total. The lowest BCUT2D eigenvalue weighted by atomic mass is 9.86. The number of ether oxygens (including phenoxy) is 1. The van der Waals surface area contributed by atoms with Gasteiger partial charge >= 0.3 is 11.9 Å². The number of hydrogen-bond acceptors (Lipinski definition) is 3. The Kier molecular flexibility index (Phi) is 5.20. The summed E-state index contributed by atoms with van der Waals surface area (Å²) in [6, 6.07) is 0. The molecule has 82 valence electrons. The van der Waals surface area contributed by atoms with Gasteiger partial charge in [-0.15, -0.1) is 0 Å². The summed E-state index contributed by atoms with van der Waals surface area (Å²) in [5.41, 5.74) is 0. The lowest BCUT2D eigenvalue weighted by molar-refractivity contribution is -0.155. The third-order valence-corrected chi connectivity index (χ3v) is 2.22. The molecule has 0 aromatic rings. The van der Waals surface area contributed by atoms with Crippen LogP contribution in [0.4, 0.5) is 0 Å². The number of carbonyl (C=O) groups is 2. The molecule has 2 atom stereocenters. The standard InChI is InChI=1S/C10H18O4/c1-6(2)5-8(10(13)14-4)7(3)9(11)12/h6-8H,5H2,1-4H3,(H,11,12)/t7-,8-/m1/s1. The lowest BCUT2D eigenvalue weighted by Crippen LogP contribution is -2.29. The largest absolute Gasteiger partial charge is 0.481 e. The van der Waals surface area contributed by atoms with Crippen molar-refractivity contribution in [3.63, 3.8) is 0 Å². The van der Waals surface area contributed by atoms with Crippen LogP contribution in [0.1, 0.15) is 27.2 Å². The van der Waals surface area contributed by atoms with E-state index in [0.717, 1.165) is 0 Å². The first-order chi connectivity index (χ1) is 6.40. The topological polar surface area (TPSA) is 63.6 Å². The average molecular weight is 202 g/mol. The Hall–Kier alpha value is -1.06. The van der Waals surface area contributed by atoms with Gasteiger partial charge < -0.3 is 9.84 Å². The molecule has 0 fully saturated rings. The minimum atomic E-state index is -0.957. The van der Waals surface area contributed by atoms with Crippen LogP contribution in [-0.4, -0.2) is 24.2 Å². The quantitative estimate of drug-likeness (QED) is 0.687. The molecule has 0 aromatic heterocycles. The zero-order chi connectivity index (χ0) is 11.3. The first-order valence-corrected chi connectivity index (χ1v) is 4.70. The third-order valence-electron chi connectivity index (χ3n) is 2.22. The molecule has 0 aliphatic rings.